The van der Waals surface area contributed by atoms with Crippen molar-refractivity contribution in [2.24, 2.45) is 0 Å². The Morgan fingerprint density at radius 2 is 0.553 bits per heavy atom. The molecule has 0 radical (unpaired) electrons. The van der Waals surface area contributed by atoms with Gasteiger partial charge in [-0.3, -0.25) is 0 Å². The molecule has 0 N–H and O–H groups in total. The predicted octanol–water partition coefficient (Wildman–Crippen LogP) is 24.3. The number of unbranched alkanes of at least 4 members (excludes halogenated alkanes) is 10. The second kappa shape index (κ2) is 19.9. The zero-order valence-corrected chi connectivity index (χ0v) is 52.6. The van der Waals surface area contributed by atoms with E-state index in [9.17, 15) is 0 Å². The molecular weight excluding hydrogens is 1020 g/mol. The first-order chi connectivity index (χ1) is 41.1. The molecule has 0 nitrogen and oxygen atoms in total. The normalized spacial score (nSPS) is 16.5. The van der Waals surface area contributed by atoms with Crippen LogP contribution in [0.1, 0.15) is 215 Å². The van der Waals surface area contributed by atoms with Gasteiger partial charge in [-0.2, -0.15) is 0 Å². The van der Waals surface area contributed by atoms with Crippen LogP contribution in [0, 0.1) is 0 Å². The van der Waals surface area contributed by atoms with E-state index < -0.39 is 0 Å². The van der Waals surface area contributed by atoms with Crippen LogP contribution in [0.25, 0.3) is 99.4 Å². The van der Waals surface area contributed by atoms with E-state index in [0.29, 0.717) is 0 Å². The molecule has 0 heterocycles. The fourth-order valence-electron chi connectivity index (χ4n) is 17.9. The molecule has 5 aliphatic carbocycles. The third kappa shape index (κ3) is 7.91. The van der Waals surface area contributed by atoms with Gasteiger partial charge in [-0.1, -0.05) is 268 Å². The summed E-state index contributed by atoms with van der Waals surface area (Å²) in [6.45, 7) is 24.5. The SMILES string of the molecule is CCCCCCCCC1(CCCCCCCC)c2cc3c(cc2-c2cc4c(cc21)-c1c(cc(-c2ccc5c(c2)C(C)(C)c2ccccc2-5)c2ccccc12)C4(C)C)C(C)(C)c1cc(-c2ccc4c(c2)C(C)(C)c2ccccc2-4)c2ccccc2c1-3. The van der Waals surface area contributed by atoms with Gasteiger partial charge in [0.05, 0.1) is 0 Å². The molecule has 5 aliphatic rings. The second-order valence-electron chi connectivity index (χ2n) is 28.9. The maximum atomic E-state index is 2.80. The lowest BCUT2D eigenvalue weighted by molar-refractivity contribution is 0.398. The lowest BCUT2D eigenvalue weighted by Crippen LogP contribution is -2.26. The van der Waals surface area contributed by atoms with Crippen LogP contribution in [-0.2, 0) is 27.1 Å². The minimum absolute atomic E-state index is 0.0681. The summed E-state index contributed by atoms with van der Waals surface area (Å²) in [5.41, 5.74) is 33.8. The van der Waals surface area contributed by atoms with E-state index in [4.69, 9.17) is 0 Å². The zero-order chi connectivity index (χ0) is 58.4. The topological polar surface area (TPSA) is 0 Å². The molecule has 10 aromatic rings. The van der Waals surface area contributed by atoms with Crippen molar-refractivity contribution in [3.8, 4) is 77.9 Å². The van der Waals surface area contributed by atoms with Crippen LogP contribution in [0.2, 0.25) is 0 Å². The third-order valence-corrected chi connectivity index (χ3v) is 22.7. The predicted molar refractivity (Wildman–Crippen MR) is 365 cm³/mol. The van der Waals surface area contributed by atoms with Crippen LogP contribution >= 0.6 is 0 Å². The Balaban J connectivity index is 0.911. The van der Waals surface area contributed by atoms with Gasteiger partial charge in [0, 0.05) is 27.1 Å². The molecule has 0 unspecified atom stereocenters. The van der Waals surface area contributed by atoms with Crippen molar-refractivity contribution in [3.63, 3.8) is 0 Å². The van der Waals surface area contributed by atoms with E-state index >= 15 is 0 Å². The van der Waals surface area contributed by atoms with Crippen molar-refractivity contribution in [1.82, 2.24) is 0 Å². The van der Waals surface area contributed by atoms with Gasteiger partial charge in [0.15, 0.2) is 0 Å². The number of rotatable bonds is 16. The van der Waals surface area contributed by atoms with E-state index in [1.807, 2.05) is 0 Å². The Kier molecular flexibility index (Phi) is 12.7. The molecule has 0 atom stereocenters. The molecule has 0 aromatic heterocycles. The van der Waals surface area contributed by atoms with Crippen molar-refractivity contribution < 1.29 is 0 Å². The van der Waals surface area contributed by atoms with Crippen molar-refractivity contribution in [2.45, 2.75) is 186 Å². The van der Waals surface area contributed by atoms with Crippen LogP contribution < -0.4 is 0 Å². The summed E-state index contributed by atoms with van der Waals surface area (Å²) in [5, 5.41) is 5.47. The minimum Gasteiger partial charge on any atom is -0.0654 e. The number of fused-ring (bicyclic) bond motifs is 19. The van der Waals surface area contributed by atoms with Crippen molar-refractivity contribution in [2.75, 3.05) is 0 Å². The van der Waals surface area contributed by atoms with E-state index in [2.05, 4.69) is 239 Å². The average Bonchev–Trinajstić information content (AvgIpc) is 1.74. The smallest absolute Gasteiger partial charge is 0.0215 e. The Hall–Kier alpha value is -7.28. The van der Waals surface area contributed by atoms with Gasteiger partial charge in [0.25, 0.3) is 0 Å². The Morgan fingerprint density at radius 1 is 0.235 bits per heavy atom. The highest BCUT2D eigenvalue weighted by Crippen LogP contribution is 2.64. The van der Waals surface area contributed by atoms with Crippen LogP contribution in [0.4, 0.5) is 0 Å². The number of hydrogen-bond acceptors (Lipinski definition) is 0. The second-order valence-corrected chi connectivity index (χ2v) is 28.9. The molecule has 10 aromatic carbocycles. The molecule has 0 aliphatic heterocycles. The first-order valence-corrected chi connectivity index (χ1v) is 33.1. The molecule has 85 heavy (non-hydrogen) atoms. The quantitative estimate of drug-likeness (QED) is 0.0846. The molecule has 0 fully saturated rings. The van der Waals surface area contributed by atoms with Crippen molar-refractivity contribution in [1.29, 1.82) is 0 Å². The van der Waals surface area contributed by atoms with E-state index in [-0.39, 0.29) is 27.1 Å². The van der Waals surface area contributed by atoms with E-state index in [1.54, 1.807) is 11.1 Å². The van der Waals surface area contributed by atoms with Crippen LogP contribution in [-0.4, -0.2) is 0 Å². The van der Waals surface area contributed by atoms with Gasteiger partial charge in [0.1, 0.15) is 0 Å². The van der Waals surface area contributed by atoms with Crippen molar-refractivity contribution >= 4 is 21.5 Å². The molecule has 0 saturated heterocycles. The molecule has 0 heteroatoms. The summed E-state index contributed by atoms with van der Waals surface area (Å²) in [7, 11) is 0. The van der Waals surface area contributed by atoms with Gasteiger partial charge >= 0.3 is 0 Å². The van der Waals surface area contributed by atoms with Crippen molar-refractivity contribution in [3.05, 3.63) is 225 Å². The molecule has 0 amide bonds. The van der Waals surface area contributed by atoms with Gasteiger partial charge in [0.2, 0.25) is 0 Å². The molecule has 0 bridgehead atoms. The molecule has 426 valence electrons. The largest absolute Gasteiger partial charge is 0.0654 e. The van der Waals surface area contributed by atoms with Crippen LogP contribution in [0.3, 0.4) is 0 Å². The lowest BCUT2D eigenvalue weighted by atomic mass is 9.69. The number of benzene rings is 10. The van der Waals surface area contributed by atoms with Gasteiger partial charge in [-0.25, -0.2) is 0 Å². The standard InChI is InChI=1S/C85H86/c1-11-13-15-17-19-29-43-85(44-30-20-18-16-14-12-2)75-51-67-73(83(7,8)77-47-63(55-31-21-23-35-61(55)79(67)77)53-39-41-59-57-33-25-27-37-69(57)81(3,4)71(59)45-53)49-65(75)66-50-74-68(52-76(66)85)80-62-36-24-22-32-56(62)64(48-78(80)84(74,9)10)54-40-42-60-58-34-26-28-38-70(58)82(5,6)72(60)46-54/h21-28,31-42,45-52H,11-20,29-30,43-44H2,1-10H3. The fraction of sp³-hybridized carbons (Fsp3) is 0.341. The highest BCUT2D eigenvalue weighted by Gasteiger charge is 2.49. The molecular formula is C85H86. The summed E-state index contributed by atoms with van der Waals surface area (Å²) in [4.78, 5) is 0. The summed E-state index contributed by atoms with van der Waals surface area (Å²) in [6.07, 6.45) is 18.0. The zero-order valence-electron chi connectivity index (χ0n) is 52.6. The first-order valence-electron chi connectivity index (χ1n) is 33.1. The maximum Gasteiger partial charge on any atom is 0.0215 e. The van der Waals surface area contributed by atoms with Crippen LogP contribution in [0.15, 0.2) is 170 Å². The van der Waals surface area contributed by atoms with E-state index in [1.165, 1.54) is 234 Å². The average molecular weight is 1110 g/mol. The number of hydrogen-bond donors (Lipinski definition) is 0. The Labute approximate surface area is 508 Å². The summed E-state index contributed by atoms with van der Waals surface area (Å²) in [6, 6.07) is 68.1. The minimum atomic E-state index is -0.216. The van der Waals surface area contributed by atoms with Gasteiger partial charge in [-0.05, 0) is 216 Å². The highest BCUT2D eigenvalue weighted by molar-refractivity contribution is 6.12. The monoisotopic (exact) mass is 1110 g/mol. The van der Waals surface area contributed by atoms with Gasteiger partial charge in [-0.15, -0.1) is 0 Å². The Morgan fingerprint density at radius 3 is 0.976 bits per heavy atom. The summed E-state index contributed by atoms with van der Waals surface area (Å²) < 4.78 is 0. The summed E-state index contributed by atoms with van der Waals surface area (Å²) in [5.74, 6) is 0. The molecule has 15 rings (SSSR count). The van der Waals surface area contributed by atoms with Gasteiger partial charge < -0.3 is 0 Å². The lowest BCUT2D eigenvalue weighted by Gasteiger charge is -2.34. The highest BCUT2D eigenvalue weighted by atomic mass is 14.5. The molecule has 0 saturated carbocycles. The van der Waals surface area contributed by atoms with Crippen LogP contribution in [0.5, 0.6) is 0 Å². The third-order valence-electron chi connectivity index (χ3n) is 22.7. The van der Waals surface area contributed by atoms with E-state index in [0.717, 1.165) is 0 Å². The first kappa shape index (κ1) is 54.4. The molecule has 0 spiro atoms. The summed E-state index contributed by atoms with van der Waals surface area (Å²) >= 11 is 0. The fourth-order valence-corrected chi connectivity index (χ4v) is 17.9. The maximum absolute atomic E-state index is 2.80. The Bertz CT molecular complexity index is 4110.